The van der Waals surface area contributed by atoms with Crippen LogP contribution < -0.4 is 0 Å². The molecule has 0 atom stereocenters. The van der Waals surface area contributed by atoms with Gasteiger partial charge in [-0.05, 0) is 30.3 Å². The van der Waals surface area contributed by atoms with Gasteiger partial charge < -0.3 is 5.11 Å². The highest BCUT2D eigenvalue weighted by Gasteiger charge is 2.16. The van der Waals surface area contributed by atoms with Crippen molar-refractivity contribution in [2.45, 2.75) is 6.61 Å². The van der Waals surface area contributed by atoms with Gasteiger partial charge in [-0.2, -0.15) is 0 Å². The van der Waals surface area contributed by atoms with Crippen LogP contribution in [-0.2, 0) is 6.61 Å². The summed E-state index contributed by atoms with van der Waals surface area (Å²) >= 11 is 9.77. The summed E-state index contributed by atoms with van der Waals surface area (Å²) in [5.41, 5.74) is 3.24. The fourth-order valence-electron chi connectivity index (χ4n) is 2.89. The highest BCUT2D eigenvalue weighted by atomic mass is 79.9. The van der Waals surface area contributed by atoms with Crippen molar-refractivity contribution in [3.63, 3.8) is 0 Å². The van der Waals surface area contributed by atoms with E-state index in [4.69, 9.17) is 0 Å². The maximum atomic E-state index is 11.1. The molecular formula is C22H17Br3ClN3O4. The minimum atomic E-state index is -0.472. The minimum Gasteiger partial charge on any atom is -0.390 e. The van der Waals surface area contributed by atoms with Crippen LogP contribution >= 0.6 is 60.2 Å². The summed E-state index contributed by atoms with van der Waals surface area (Å²) < 4.78 is 3.48. The van der Waals surface area contributed by atoms with Crippen LogP contribution in [-0.4, -0.2) is 30.5 Å². The Morgan fingerprint density at radius 1 is 1.00 bits per heavy atom. The van der Waals surface area contributed by atoms with Gasteiger partial charge in [-0.1, -0.05) is 72.1 Å². The lowest BCUT2D eigenvalue weighted by molar-refractivity contribution is -0.385. The number of nitro groups is 1. The van der Waals surface area contributed by atoms with Crippen molar-refractivity contribution in [2.24, 2.45) is 0 Å². The lowest BCUT2D eigenvalue weighted by Gasteiger charge is -2.02. The van der Waals surface area contributed by atoms with E-state index in [9.17, 15) is 20.0 Å². The normalized spacial score (nSPS) is 10.2. The molecule has 2 aromatic heterocycles. The largest absolute Gasteiger partial charge is 0.390 e. The number of halogens is 4. The fraction of sp³-hybridized carbons (Fsp3) is 0.0909. The Morgan fingerprint density at radius 3 is 2.09 bits per heavy atom. The summed E-state index contributed by atoms with van der Waals surface area (Å²) in [6.45, 7) is -0.256. The van der Waals surface area contributed by atoms with Gasteiger partial charge in [0.05, 0.1) is 34.4 Å². The molecule has 2 aromatic carbocycles. The summed E-state index contributed by atoms with van der Waals surface area (Å²) in [7, 11) is 0. The van der Waals surface area contributed by atoms with Gasteiger partial charge in [0.1, 0.15) is 5.65 Å². The quantitative estimate of drug-likeness (QED) is 0.112. The van der Waals surface area contributed by atoms with Gasteiger partial charge >= 0.3 is 0 Å². The maximum absolute atomic E-state index is 11.1. The van der Waals surface area contributed by atoms with Gasteiger partial charge in [-0.25, -0.2) is 4.98 Å². The Bertz CT molecular complexity index is 1260. The van der Waals surface area contributed by atoms with Crippen molar-refractivity contribution in [1.82, 2.24) is 9.38 Å². The molecule has 0 saturated carbocycles. The van der Waals surface area contributed by atoms with Gasteiger partial charge in [0, 0.05) is 26.1 Å². The summed E-state index contributed by atoms with van der Waals surface area (Å²) in [4.78, 5) is 25.9. The van der Waals surface area contributed by atoms with E-state index < -0.39 is 4.92 Å². The van der Waals surface area contributed by atoms with Crippen LogP contribution in [0, 0.1) is 10.1 Å². The van der Waals surface area contributed by atoms with Crippen LogP contribution in [0.1, 0.15) is 16.1 Å². The number of imidazole rings is 1. The Balaban J connectivity index is 0.000000274. The van der Waals surface area contributed by atoms with Crippen molar-refractivity contribution < 1.29 is 14.8 Å². The SMILES string of the molecule is Cl.O=C(CBr)c1ccc(Br)cc1.O=[N+]([O-])c1ccc2nc(-c3ccc(Br)cc3)c(CO)n2c1. The lowest BCUT2D eigenvalue weighted by atomic mass is 10.1. The zero-order valence-electron chi connectivity index (χ0n) is 16.8. The van der Waals surface area contributed by atoms with Crippen LogP contribution in [0.3, 0.4) is 0 Å². The summed E-state index contributed by atoms with van der Waals surface area (Å²) in [5, 5.41) is 20.9. The molecular weight excluding hydrogens is 645 g/mol. The molecule has 2 heterocycles. The van der Waals surface area contributed by atoms with Gasteiger partial charge in [0.15, 0.2) is 5.78 Å². The number of ketones is 1. The third-order valence-electron chi connectivity index (χ3n) is 4.47. The molecule has 0 spiro atoms. The second-order valence-corrected chi connectivity index (χ2v) is 8.90. The molecule has 7 nitrogen and oxygen atoms in total. The van der Waals surface area contributed by atoms with E-state index in [0.29, 0.717) is 22.4 Å². The van der Waals surface area contributed by atoms with Crippen molar-refractivity contribution in [3.8, 4) is 11.3 Å². The number of hydrogen-bond donors (Lipinski definition) is 1. The molecule has 0 fully saturated rings. The number of hydrogen-bond acceptors (Lipinski definition) is 5. The van der Waals surface area contributed by atoms with Crippen LogP contribution in [0.15, 0.2) is 75.8 Å². The molecule has 33 heavy (non-hydrogen) atoms. The van der Waals surface area contributed by atoms with Gasteiger partial charge in [0.2, 0.25) is 0 Å². The Labute approximate surface area is 220 Å². The first kappa shape index (κ1) is 27.1. The molecule has 0 saturated heterocycles. The average molecular weight is 663 g/mol. The number of pyridine rings is 1. The van der Waals surface area contributed by atoms with Crippen molar-refractivity contribution in [3.05, 3.63) is 97.2 Å². The molecule has 11 heteroatoms. The summed E-state index contributed by atoms with van der Waals surface area (Å²) in [6.07, 6.45) is 1.37. The van der Waals surface area contributed by atoms with E-state index in [2.05, 4.69) is 52.8 Å². The first-order valence-electron chi connectivity index (χ1n) is 9.21. The Hall–Kier alpha value is -2.11. The molecule has 0 aliphatic carbocycles. The first-order chi connectivity index (χ1) is 15.3. The summed E-state index contributed by atoms with van der Waals surface area (Å²) in [6, 6.07) is 17.8. The number of benzene rings is 2. The molecule has 4 rings (SSSR count). The van der Waals surface area contributed by atoms with Crippen LogP contribution in [0.5, 0.6) is 0 Å². The molecule has 0 aliphatic heterocycles. The predicted molar refractivity (Wildman–Crippen MR) is 140 cm³/mol. The second kappa shape index (κ2) is 12.4. The monoisotopic (exact) mass is 659 g/mol. The predicted octanol–water partition coefficient (Wildman–Crippen LogP) is 6.61. The zero-order chi connectivity index (χ0) is 23.3. The van der Waals surface area contributed by atoms with Gasteiger partial charge in [-0.3, -0.25) is 19.3 Å². The van der Waals surface area contributed by atoms with Crippen LogP contribution in [0.2, 0.25) is 0 Å². The highest BCUT2D eigenvalue weighted by Crippen LogP contribution is 2.27. The zero-order valence-corrected chi connectivity index (χ0v) is 22.4. The molecule has 4 aromatic rings. The molecule has 172 valence electrons. The number of nitrogens with zero attached hydrogens (tertiary/aromatic N) is 3. The minimum absolute atomic E-state index is 0. The van der Waals surface area contributed by atoms with Crippen molar-refractivity contribution >= 4 is 77.3 Å². The van der Waals surface area contributed by atoms with E-state index >= 15 is 0 Å². The molecule has 0 unspecified atom stereocenters. The van der Waals surface area contributed by atoms with Gasteiger partial charge in [0.25, 0.3) is 5.69 Å². The number of aromatic nitrogens is 2. The van der Waals surface area contributed by atoms with E-state index in [1.54, 1.807) is 22.6 Å². The number of carbonyl (C=O) groups is 1. The Morgan fingerprint density at radius 2 is 1.58 bits per heavy atom. The third kappa shape index (κ3) is 6.70. The molecule has 0 bridgehead atoms. The topological polar surface area (TPSA) is 97.7 Å². The maximum Gasteiger partial charge on any atom is 0.286 e. The number of Topliss-reactive ketones (excluding diaryl/α,β-unsaturated/α-hetero) is 1. The highest BCUT2D eigenvalue weighted by molar-refractivity contribution is 9.10. The average Bonchev–Trinajstić information content (AvgIpc) is 3.17. The number of aliphatic hydroxyl groups excluding tert-OH is 1. The number of carbonyl (C=O) groups excluding carboxylic acids is 1. The standard InChI is InChI=1S/C14H10BrN3O3.C8H6Br2O.ClH/c15-10-3-1-9(2-4-10)14-12(8-19)17-7-11(18(20)21)5-6-13(17)16-14;9-5-8(11)6-1-3-7(10)4-2-6;/h1-7,19H,8H2;1-4H,5H2;1H. The van der Waals surface area contributed by atoms with Gasteiger partial charge in [-0.15, -0.1) is 12.4 Å². The molecule has 1 N–H and O–H groups in total. The van der Waals surface area contributed by atoms with Crippen molar-refractivity contribution in [1.29, 1.82) is 0 Å². The summed E-state index contributed by atoms with van der Waals surface area (Å²) in [5.74, 6) is 0.109. The third-order valence-corrected chi connectivity index (χ3v) is 6.03. The van der Waals surface area contributed by atoms with Crippen molar-refractivity contribution in [2.75, 3.05) is 5.33 Å². The second-order valence-electron chi connectivity index (χ2n) is 6.51. The fourth-order valence-corrected chi connectivity index (χ4v) is 3.75. The molecule has 0 amide bonds. The van der Waals surface area contributed by atoms with E-state index in [0.717, 1.165) is 20.1 Å². The molecule has 0 radical (unpaired) electrons. The van der Waals surface area contributed by atoms with E-state index in [1.165, 1.54) is 12.3 Å². The first-order valence-corrected chi connectivity index (χ1v) is 11.9. The number of alkyl halides is 1. The van der Waals surface area contributed by atoms with E-state index in [1.807, 2.05) is 36.4 Å². The number of rotatable bonds is 5. The van der Waals surface area contributed by atoms with E-state index in [-0.39, 0.29) is 30.5 Å². The lowest BCUT2D eigenvalue weighted by Crippen LogP contribution is -1.98. The number of aliphatic hydroxyl groups is 1. The van der Waals surface area contributed by atoms with Crippen LogP contribution in [0.25, 0.3) is 16.9 Å². The Kier molecular flexibility index (Phi) is 10.2. The smallest absolute Gasteiger partial charge is 0.286 e. The number of fused-ring (bicyclic) bond motifs is 1. The molecule has 0 aliphatic rings. The van der Waals surface area contributed by atoms with Crippen LogP contribution in [0.4, 0.5) is 5.69 Å².